The summed E-state index contributed by atoms with van der Waals surface area (Å²) in [6.45, 7) is 7.39. The molecular weight excluding hydrogens is 160 g/mol. The highest BCUT2D eigenvalue weighted by Gasteiger charge is 2.09. The third kappa shape index (κ3) is 5.98. The largest absolute Gasteiger partial charge is 0.481 e. The van der Waals surface area contributed by atoms with E-state index in [1.807, 2.05) is 6.92 Å². The fourth-order valence-electron chi connectivity index (χ4n) is 0.481. The van der Waals surface area contributed by atoms with Gasteiger partial charge in [-0.25, -0.2) is 0 Å². The SMILES string of the molecule is C=C(C)CSCC(C)C(=O)O. The molecule has 64 valence electrons. The van der Waals surface area contributed by atoms with E-state index in [0.717, 1.165) is 11.3 Å². The molecule has 1 N–H and O–H groups in total. The van der Waals surface area contributed by atoms with Gasteiger partial charge >= 0.3 is 5.97 Å². The van der Waals surface area contributed by atoms with Gasteiger partial charge in [-0.15, -0.1) is 0 Å². The van der Waals surface area contributed by atoms with Crippen molar-refractivity contribution in [1.29, 1.82) is 0 Å². The van der Waals surface area contributed by atoms with E-state index in [2.05, 4.69) is 6.58 Å². The Morgan fingerprint density at radius 1 is 1.73 bits per heavy atom. The number of carbonyl (C=O) groups is 1. The summed E-state index contributed by atoms with van der Waals surface area (Å²) in [5.41, 5.74) is 1.09. The molecule has 0 heterocycles. The molecule has 0 radical (unpaired) electrons. The standard InChI is InChI=1S/C8H14O2S/c1-6(2)4-11-5-7(3)8(9)10/h7H,1,4-5H2,2-3H3,(H,9,10). The monoisotopic (exact) mass is 174 g/mol. The summed E-state index contributed by atoms with van der Waals surface area (Å²) in [6.07, 6.45) is 0. The second kappa shape index (κ2) is 5.24. The zero-order valence-electron chi connectivity index (χ0n) is 6.96. The maximum atomic E-state index is 10.3. The lowest BCUT2D eigenvalue weighted by atomic mass is 10.2. The first-order valence-corrected chi connectivity index (χ1v) is 4.64. The predicted molar refractivity (Wildman–Crippen MR) is 48.9 cm³/mol. The highest BCUT2D eigenvalue weighted by atomic mass is 32.2. The first kappa shape index (κ1) is 10.6. The van der Waals surface area contributed by atoms with Gasteiger partial charge in [0.25, 0.3) is 0 Å². The summed E-state index contributed by atoms with van der Waals surface area (Å²) in [6, 6.07) is 0. The number of rotatable bonds is 5. The van der Waals surface area contributed by atoms with Gasteiger partial charge in [-0.2, -0.15) is 11.8 Å². The minimum absolute atomic E-state index is 0.251. The molecule has 0 fully saturated rings. The first-order valence-electron chi connectivity index (χ1n) is 3.49. The number of carboxylic acid groups (broad SMARTS) is 1. The van der Waals surface area contributed by atoms with Crippen molar-refractivity contribution in [3.05, 3.63) is 12.2 Å². The lowest BCUT2D eigenvalue weighted by Gasteiger charge is -2.04. The van der Waals surface area contributed by atoms with Gasteiger partial charge in [0.1, 0.15) is 0 Å². The van der Waals surface area contributed by atoms with Crippen molar-refractivity contribution in [3.63, 3.8) is 0 Å². The first-order chi connectivity index (χ1) is 5.04. The van der Waals surface area contributed by atoms with Crippen LogP contribution in [0.25, 0.3) is 0 Å². The van der Waals surface area contributed by atoms with Crippen LogP contribution in [0.15, 0.2) is 12.2 Å². The lowest BCUT2D eigenvalue weighted by molar-refractivity contribution is -0.140. The molecule has 0 amide bonds. The summed E-state index contributed by atoms with van der Waals surface area (Å²) < 4.78 is 0. The van der Waals surface area contributed by atoms with Crippen molar-refractivity contribution < 1.29 is 9.90 Å². The normalized spacial score (nSPS) is 12.5. The van der Waals surface area contributed by atoms with Crippen LogP contribution in [0.3, 0.4) is 0 Å². The quantitative estimate of drug-likeness (QED) is 0.648. The third-order valence-corrected chi connectivity index (χ3v) is 2.57. The van der Waals surface area contributed by atoms with Crippen molar-refractivity contribution in [3.8, 4) is 0 Å². The fourth-order valence-corrected chi connectivity index (χ4v) is 1.44. The second-order valence-electron chi connectivity index (χ2n) is 2.71. The van der Waals surface area contributed by atoms with Gasteiger partial charge < -0.3 is 5.11 Å². The smallest absolute Gasteiger partial charge is 0.307 e. The molecular formula is C8H14O2S. The van der Waals surface area contributed by atoms with Crippen molar-refractivity contribution in [1.82, 2.24) is 0 Å². The Hall–Kier alpha value is -0.440. The van der Waals surface area contributed by atoms with Crippen LogP contribution in [0.5, 0.6) is 0 Å². The topological polar surface area (TPSA) is 37.3 Å². The van der Waals surface area contributed by atoms with E-state index in [-0.39, 0.29) is 5.92 Å². The maximum Gasteiger partial charge on any atom is 0.307 e. The zero-order valence-corrected chi connectivity index (χ0v) is 7.78. The summed E-state index contributed by atoms with van der Waals surface area (Å²) in [7, 11) is 0. The number of hydrogen-bond donors (Lipinski definition) is 1. The third-order valence-electron chi connectivity index (χ3n) is 1.14. The van der Waals surface area contributed by atoms with E-state index in [4.69, 9.17) is 5.11 Å². The molecule has 11 heavy (non-hydrogen) atoms. The van der Waals surface area contributed by atoms with Crippen LogP contribution in [-0.4, -0.2) is 22.6 Å². The molecule has 1 atom stereocenters. The average Bonchev–Trinajstić information content (AvgIpc) is 1.86. The molecule has 0 aliphatic carbocycles. The van der Waals surface area contributed by atoms with E-state index in [1.165, 1.54) is 0 Å². The molecule has 0 aromatic rings. The van der Waals surface area contributed by atoms with Gasteiger partial charge in [0.05, 0.1) is 5.92 Å². The predicted octanol–water partition coefficient (Wildman–Crippen LogP) is 2.02. The molecule has 0 rings (SSSR count). The van der Waals surface area contributed by atoms with Crippen LogP contribution in [0, 0.1) is 5.92 Å². The molecule has 0 saturated carbocycles. The summed E-state index contributed by atoms with van der Waals surface area (Å²) >= 11 is 1.62. The van der Waals surface area contributed by atoms with Crippen molar-refractivity contribution in [2.24, 2.45) is 5.92 Å². The molecule has 1 unspecified atom stereocenters. The summed E-state index contributed by atoms with van der Waals surface area (Å²) in [5.74, 6) is 0.554. The highest BCUT2D eigenvalue weighted by molar-refractivity contribution is 7.99. The highest BCUT2D eigenvalue weighted by Crippen LogP contribution is 2.10. The Balaban J connectivity index is 3.39. The number of carboxylic acids is 1. The van der Waals surface area contributed by atoms with Crippen LogP contribution in [0.1, 0.15) is 13.8 Å². The Kier molecular flexibility index (Phi) is 5.03. The van der Waals surface area contributed by atoms with E-state index in [0.29, 0.717) is 5.75 Å². The molecule has 2 nitrogen and oxygen atoms in total. The Morgan fingerprint density at radius 2 is 2.27 bits per heavy atom. The maximum absolute atomic E-state index is 10.3. The van der Waals surface area contributed by atoms with Gasteiger partial charge in [0, 0.05) is 11.5 Å². The van der Waals surface area contributed by atoms with E-state index >= 15 is 0 Å². The number of aliphatic carboxylic acids is 1. The Labute approximate surface area is 71.7 Å². The second-order valence-corrected chi connectivity index (χ2v) is 3.74. The molecule has 0 aliphatic heterocycles. The lowest BCUT2D eigenvalue weighted by Crippen LogP contribution is -2.12. The minimum Gasteiger partial charge on any atom is -0.481 e. The summed E-state index contributed by atoms with van der Waals surface area (Å²) in [4.78, 5) is 10.3. The fraction of sp³-hybridized carbons (Fsp3) is 0.625. The van der Waals surface area contributed by atoms with Crippen molar-refractivity contribution in [2.45, 2.75) is 13.8 Å². The van der Waals surface area contributed by atoms with Crippen molar-refractivity contribution >= 4 is 17.7 Å². The van der Waals surface area contributed by atoms with Gasteiger partial charge in [-0.1, -0.05) is 19.1 Å². The van der Waals surface area contributed by atoms with Crippen LogP contribution >= 0.6 is 11.8 Å². The van der Waals surface area contributed by atoms with E-state index in [1.54, 1.807) is 18.7 Å². The molecule has 0 aromatic carbocycles. The molecule has 0 saturated heterocycles. The Morgan fingerprint density at radius 3 is 2.64 bits per heavy atom. The van der Waals surface area contributed by atoms with Gasteiger partial charge in [0.15, 0.2) is 0 Å². The van der Waals surface area contributed by atoms with E-state index < -0.39 is 5.97 Å². The zero-order chi connectivity index (χ0) is 8.85. The Bertz CT molecular complexity index is 154. The molecule has 0 spiro atoms. The minimum atomic E-state index is -0.723. The van der Waals surface area contributed by atoms with Crippen LogP contribution in [0.4, 0.5) is 0 Å². The van der Waals surface area contributed by atoms with Crippen LogP contribution < -0.4 is 0 Å². The summed E-state index contributed by atoms with van der Waals surface area (Å²) in [5, 5.41) is 8.51. The average molecular weight is 174 g/mol. The van der Waals surface area contributed by atoms with Gasteiger partial charge in [-0.3, -0.25) is 4.79 Å². The van der Waals surface area contributed by atoms with Crippen molar-refractivity contribution in [2.75, 3.05) is 11.5 Å². The molecule has 0 bridgehead atoms. The van der Waals surface area contributed by atoms with Crippen LogP contribution in [0.2, 0.25) is 0 Å². The van der Waals surface area contributed by atoms with E-state index in [9.17, 15) is 4.79 Å². The number of thioether (sulfide) groups is 1. The number of hydrogen-bond acceptors (Lipinski definition) is 2. The van der Waals surface area contributed by atoms with Gasteiger partial charge in [0.2, 0.25) is 0 Å². The molecule has 0 aliphatic rings. The van der Waals surface area contributed by atoms with Gasteiger partial charge in [-0.05, 0) is 6.92 Å². The molecule has 3 heteroatoms. The molecule has 0 aromatic heterocycles. The van der Waals surface area contributed by atoms with Crippen LogP contribution in [-0.2, 0) is 4.79 Å².